The maximum atomic E-state index is 12.1. The van der Waals surface area contributed by atoms with E-state index in [0.717, 1.165) is 16.9 Å². The lowest BCUT2D eigenvalue weighted by atomic mass is 10.2. The number of rotatable bonds is 6. The third-order valence-electron chi connectivity index (χ3n) is 3.36. The summed E-state index contributed by atoms with van der Waals surface area (Å²) in [5.74, 6) is 1.42. The quantitative estimate of drug-likeness (QED) is 0.823. The summed E-state index contributed by atoms with van der Waals surface area (Å²) in [6, 6.07) is 15.3. The first kappa shape index (κ1) is 15.9. The first-order valence-electron chi connectivity index (χ1n) is 7.15. The molecule has 22 heavy (non-hydrogen) atoms. The van der Waals surface area contributed by atoms with Crippen molar-refractivity contribution in [3.05, 3.63) is 59.7 Å². The molecule has 2 rings (SSSR count). The van der Waals surface area contributed by atoms with Gasteiger partial charge in [0.2, 0.25) is 0 Å². The molecule has 0 aliphatic rings. The third kappa shape index (κ3) is 4.52. The Morgan fingerprint density at radius 2 is 1.82 bits per heavy atom. The van der Waals surface area contributed by atoms with E-state index >= 15 is 0 Å². The van der Waals surface area contributed by atoms with E-state index in [2.05, 4.69) is 0 Å². The Balaban J connectivity index is 1.87. The lowest BCUT2D eigenvalue weighted by Gasteiger charge is -2.18. The predicted molar refractivity (Wildman–Crippen MR) is 86.1 cm³/mol. The van der Waals surface area contributed by atoms with Crippen molar-refractivity contribution in [3.63, 3.8) is 0 Å². The second-order valence-corrected chi connectivity index (χ2v) is 5.20. The van der Waals surface area contributed by atoms with Gasteiger partial charge in [0.25, 0.3) is 5.91 Å². The number of amides is 1. The van der Waals surface area contributed by atoms with Gasteiger partial charge in [0.15, 0.2) is 6.61 Å². The Labute approximate surface area is 131 Å². The number of hydrogen-bond acceptors (Lipinski definition) is 3. The average molecular weight is 299 g/mol. The number of nitrogens with zero attached hydrogens (tertiary/aromatic N) is 1. The molecule has 0 fully saturated rings. The van der Waals surface area contributed by atoms with Crippen LogP contribution >= 0.6 is 0 Å². The van der Waals surface area contributed by atoms with Crippen molar-refractivity contribution in [2.75, 3.05) is 20.8 Å². The zero-order valence-corrected chi connectivity index (χ0v) is 13.2. The zero-order chi connectivity index (χ0) is 15.9. The minimum Gasteiger partial charge on any atom is -0.497 e. The van der Waals surface area contributed by atoms with Crippen molar-refractivity contribution in [2.45, 2.75) is 13.5 Å². The molecule has 116 valence electrons. The number of carbonyl (C=O) groups is 1. The van der Waals surface area contributed by atoms with Gasteiger partial charge < -0.3 is 14.4 Å². The van der Waals surface area contributed by atoms with Gasteiger partial charge in [-0.15, -0.1) is 0 Å². The SMILES string of the molecule is COc1cccc(CN(C)C(=O)COc2ccc(C)cc2)c1. The normalized spacial score (nSPS) is 10.1. The molecular formula is C18H21NO3. The lowest BCUT2D eigenvalue weighted by Crippen LogP contribution is -2.30. The fourth-order valence-electron chi connectivity index (χ4n) is 2.02. The summed E-state index contributed by atoms with van der Waals surface area (Å²) in [6.07, 6.45) is 0. The van der Waals surface area contributed by atoms with E-state index in [1.807, 2.05) is 55.5 Å². The molecule has 0 saturated heterocycles. The van der Waals surface area contributed by atoms with Gasteiger partial charge in [0, 0.05) is 13.6 Å². The summed E-state index contributed by atoms with van der Waals surface area (Å²) < 4.78 is 10.7. The van der Waals surface area contributed by atoms with Crippen LogP contribution in [0, 0.1) is 6.92 Å². The molecule has 0 spiro atoms. The molecule has 0 aromatic heterocycles. The van der Waals surface area contributed by atoms with Crippen molar-refractivity contribution in [2.24, 2.45) is 0 Å². The number of benzene rings is 2. The highest BCUT2D eigenvalue weighted by molar-refractivity contribution is 5.77. The lowest BCUT2D eigenvalue weighted by molar-refractivity contribution is -0.132. The highest BCUT2D eigenvalue weighted by Crippen LogP contribution is 2.14. The van der Waals surface area contributed by atoms with Gasteiger partial charge in [-0.3, -0.25) is 4.79 Å². The standard InChI is InChI=1S/C18H21NO3/c1-14-7-9-16(10-8-14)22-13-18(20)19(2)12-15-5-4-6-17(11-15)21-3/h4-11H,12-13H2,1-3H3. The molecule has 0 bridgehead atoms. The Morgan fingerprint density at radius 3 is 2.50 bits per heavy atom. The average Bonchev–Trinajstić information content (AvgIpc) is 2.54. The Hall–Kier alpha value is -2.49. The second kappa shape index (κ2) is 7.50. The van der Waals surface area contributed by atoms with Crippen LogP contribution in [-0.4, -0.2) is 31.6 Å². The smallest absolute Gasteiger partial charge is 0.260 e. The third-order valence-corrected chi connectivity index (χ3v) is 3.36. The Morgan fingerprint density at radius 1 is 1.09 bits per heavy atom. The van der Waals surface area contributed by atoms with Gasteiger partial charge in [-0.2, -0.15) is 0 Å². The van der Waals surface area contributed by atoms with E-state index in [-0.39, 0.29) is 12.5 Å². The van der Waals surface area contributed by atoms with Crippen molar-refractivity contribution < 1.29 is 14.3 Å². The van der Waals surface area contributed by atoms with Crippen molar-refractivity contribution in [3.8, 4) is 11.5 Å². The molecular weight excluding hydrogens is 278 g/mol. The molecule has 0 atom stereocenters. The predicted octanol–water partition coefficient (Wildman–Crippen LogP) is 3.04. The monoisotopic (exact) mass is 299 g/mol. The van der Waals surface area contributed by atoms with E-state index in [9.17, 15) is 4.79 Å². The first-order valence-corrected chi connectivity index (χ1v) is 7.15. The summed E-state index contributed by atoms with van der Waals surface area (Å²) in [4.78, 5) is 13.8. The Kier molecular flexibility index (Phi) is 5.42. The van der Waals surface area contributed by atoms with Gasteiger partial charge in [0.1, 0.15) is 11.5 Å². The fourth-order valence-corrected chi connectivity index (χ4v) is 2.02. The molecule has 0 unspecified atom stereocenters. The molecule has 0 N–H and O–H groups in total. The Bertz CT molecular complexity index is 622. The molecule has 0 heterocycles. The van der Waals surface area contributed by atoms with Crippen LogP contribution in [0.4, 0.5) is 0 Å². The summed E-state index contributed by atoms with van der Waals surface area (Å²) >= 11 is 0. The molecule has 1 amide bonds. The van der Waals surface area contributed by atoms with E-state index in [0.29, 0.717) is 12.3 Å². The number of methoxy groups -OCH3 is 1. The van der Waals surface area contributed by atoms with E-state index < -0.39 is 0 Å². The van der Waals surface area contributed by atoms with Crippen molar-refractivity contribution >= 4 is 5.91 Å². The minimum absolute atomic E-state index is 0.0313. The molecule has 4 heteroatoms. The number of hydrogen-bond donors (Lipinski definition) is 0. The highest BCUT2D eigenvalue weighted by atomic mass is 16.5. The number of likely N-dealkylation sites (N-methyl/N-ethyl adjacent to an activating group) is 1. The molecule has 0 saturated carbocycles. The van der Waals surface area contributed by atoms with Crippen LogP contribution < -0.4 is 9.47 Å². The van der Waals surface area contributed by atoms with E-state index in [1.54, 1.807) is 19.1 Å². The van der Waals surface area contributed by atoms with E-state index in [4.69, 9.17) is 9.47 Å². The number of ether oxygens (including phenoxy) is 2. The largest absolute Gasteiger partial charge is 0.497 e. The van der Waals surface area contributed by atoms with Crippen LogP contribution in [0.2, 0.25) is 0 Å². The van der Waals surface area contributed by atoms with Gasteiger partial charge >= 0.3 is 0 Å². The van der Waals surface area contributed by atoms with Crippen LogP contribution in [0.3, 0.4) is 0 Å². The number of carbonyl (C=O) groups excluding carboxylic acids is 1. The second-order valence-electron chi connectivity index (χ2n) is 5.20. The summed E-state index contributed by atoms with van der Waals surface area (Å²) in [5.41, 5.74) is 2.18. The fraction of sp³-hybridized carbons (Fsp3) is 0.278. The molecule has 2 aromatic carbocycles. The summed E-state index contributed by atoms with van der Waals surface area (Å²) in [6.45, 7) is 2.56. The topological polar surface area (TPSA) is 38.8 Å². The first-order chi connectivity index (χ1) is 10.6. The van der Waals surface area contributed by atoms with Gasteiger partial charge in [-0.1, -0.05) is 29.8 Å². The van der Waals surface area contributed by atoms with Crippen LogP contribution in [0.5, 0.6) is 11.5 Å². The van der Waals surface area contributed by atoms with Gasteiger partial charge in [-0.05, 0) is 36.8 Å². The zero-order valence-electron chi connectivity index (χ0n) is 13.2. The minimum atomic E-state index is -0.0663. The molecule has 4 nitrogen and oxygen atoms in total. The van der Waals surface area contributed by atoms with Gasteiger partial charge in [-0.25, -0.2) is 0 Å². The maximum Gasteiger partial charge on any atom is 0.260 e. The van der Waals surface area contributed by atoms with Crippen LogP contribution in [0.15, 0.2) is 48.5 Å². The van der Waals surface area contributed by atoms with E-state index in [1.165, 1.54) is 0 Å². The molecule has 0 aliphatic heterocycles. The molecule has 0 aliphatic carbocycles. The van der Waals surface area contributed by atoms with Gasteiger partial charge in [0.05, 0.1) is 7.11 Å². The summed E-state index contributed by atoms with van der Waals surface area (Å²) in [7, 11) is 3.39. The molecule has 2 aromatic rings. The summed E-state index contributed by atoms with van der Waals surface area (Å²) in [5, 5.41) is 0. The van der Waals surface area contributed by atoms with Crippen molar-refractivity contribution in [1.29, 1.82) is 0 Å². The van der Waals surface area contributed by atoms with Crippen LogP contribution in [0.25, 0.3) is 0 Å². The molecule has 0 radical (unpaired) electrons. The van der Waals surface area contributed by atoms with Crippen LogP contribution in [-0.2, 0) is 11.3 Å². The number of aryl methyl sites for hydroxylation is 1. The maximum absolute atomic E-state index is 12.1. The highest BCUT2D eigenvalue weighted by Gasteiger charge is 2.10. The van der Waals surface area contributed by atoms with Crippen molar-refractivity contribution in [1.82, 2.24) is 4.90 Å². The van der Waals surface area contributed by atoms with Crippen LogP contribution in [0.1, 0.15) is 11.1 Å².